The summed E-state index contributed by atoms with van der Waals surface area (Å²) in [5, 5.41) is 4.90. The van der Waals surface area contributed by atoms with Crippen LogP contribution in [0.25, 0.3) is 10.9 Å². The Balaban J connectivity index is 2.01. The first-order chi connectivity index (χ1) is 9.99. The van der Waals surface area contributed by atoms with Gasteiger partial charge in [-0.2, -0.15) is 11.8 Å². The molecule has 0 aliphatic carbocycles. The third-order valence-corrected chi connectivity index (χ3v) is 4.54. The Bertz CT molecular complexity index is 566. The minimum Gasteiger partial charge on any atom is -0.347 e. The van der Waals surface area contributed by atoms with Crippen LogP contribution >= 0.6 is 11.8 Å². The molecule has 0 radical (unpaired) electrons. The van der Waals surface area contributed by atoms with Gasteiger partial charge in [-0.15, -0.1) is 0 Å². The normalized spacial score (nSPS) is 12.2. The Kier molecular flexibility index (Phi) is 5.77. The number of aromatic nitrogens is 1. The smallest absolute Gasteiger partial charge is 0.0480 e. The number of rotatable bonds is 7. The maximum atomic E-state index is 3.55. The number of aryl methyl sites for hydroxylation is 1. The van der Waals surface area contributed by atoms with Crippen molar-refractivity contribution in [1.82, 2.24) is 9.88 Å². The molecular weight excluding hydrogens is 276 g/mol. The summed E-state index contributed by atoms with van der Waals surface area (Å²) < 4.78 is 2.38. The predicted octanol–water partition coefficient (Wildman–Crippen LogP) is 4.67. The fraction of sp³-hybridized carbons (Fsp3) is 0.556. The van der Waals surface area contributed by atoms with Crippen molar-refractivity contribution in [2.45, 2.75) is 52.7 Å². The van der Waals surface area contributed by atoms with Crippen molar-refractivity contribution in [2.75, 3.05) is 11.5 Å². The molecule has 0 fully saturated rings. The zero-order valence-corrected chi connectivity index (χ0v) is 14.6. The van der Waals surface area contributed by atoms with E-state index in [0.29, 0.717) is 0 Å². The molecule has 0 bridgehead atoms. The predicted molar refractivity (Wildman–Crippen MR) is 96.1 cm³/mol. The molecule has 0 unspecified atom stereocenters. The lowest BCUT2D eigenvalue weighted by atomic mass is 10.1. The van der Waals surface area contributed by atoms with E-state index >= 15 is 0 Å². The van der Waals surface area contributed by atoms with Gasteiger partial charge in [-0.25, -0.2) is 0 Å². The number of nitrogens with one attached hydrogen (secondary N) is 1. The maximum absolute atomic E-state index is 3.55. The van der Waals surface area contributed by atoms with E-state index in [1.54, 1.807) is 0 Å². The standard InChI is InChI=1S/C18H28N2S/c1-5-21-12-6-10-20-11-9-16-13-15(7-8-17(16)20)14-19-18(2,3)4/h7-9,11,13,19H,5-6,10,12,14H2,1-4H3. The van der Waals surface area contributed by atoms with Crippen molar-refractivity contribution in [2.24, 2.45) is 0 Å². The van der Waals surface area contributed by atoms with Crippen molar-refractivity contribution in [3.63, 3.8) is 0 Å². The first kappa shape index (κ1) is 16.4. The Labute approximate surface area is 133 Å². The summed E-state index contributed by atoms with van der Waals surface area (Å²) in [6, 6.07) is 9.06. The zero-order valence-electron chi connectivity index (χ0n) is 13.8. The molecule has 1 aromatic carbocycles. The molecule has 1 heterocycles. The van der Waals surface area contributed by atoms with Gasteiger partial charge in [-0.3, -0.25) is 0 Å². The van der Waals surface area contributed by atoms with Crippen LogP contribution in [0, 0.1) is 0 Å². The van der Waals surface area contributed by atoms with E-state index in [4.69, 9.17) is 0 Å². The molecule has 0 aliphatic heterocycles. The molecule has 21 heavy (non-hydrogen) atoms. The largest absolute Gasteiger partial charge is 0.347 e. The second-order valence-electron chi connectivity index (χ2n) is 6.56. The average molecular weight is 305 g/mol. The Morgan fingerprint density at radius 3 is 2.71 bits per heavy atom. The lowest BCUT2D eigenvalue weighted by molar-refractivity contribution is 0.424. The molecule has 0 aliphatic rings. The quantitative estimate of drug-likeness (QED) is 0.748. The van der Waals surface area contributed by atoms with Crippen LogP contribution in [0.2, 0.25) is 0 Å². The number of hydrogen-bond acceptors (Lipinski definition) is 2. The van der Waals surface area contributed by atoms with Crippen LogP contribution in [0.4, 0.5) is 0 Å². The van der Waals surface area contributed by atoms with Gasteiger partial charge in [-0.05, 0) is 67.8 Å². The molecule has 0 atom stereocenters. The lowest BCUT2D eigenvalue weighted by Gasteiger charge is -2.20. The molecule has 3 heteroatoms. The Morgan fingerprint density at radius 2 is 2.00 bits per heavy atom. The second kappa shape index (κ2) is 7.37. The molecule has 2 nitrogen and oxygen atoms in total. The third-order valence-electron chi connectivity index (χ3n) is 3.55. The van der Waals surface area contributed by atoms with Crippen molar-refractivity contribution < 1.29 is 0 Å². The summed E-state index contributed by atoms with van der Waals surface area (Å²) in [7, 11) is 0. The summed E-state index contributed by atoms with van der Waals surface area (Å²) in [4.78, 5) is 0. The van der Waals surface area contributed by atoms with E-state index in [2.05, 4.69) is 68.0 Å². The van der Waals surface area contributed by atoms with E-state index in [0.717, 1.165) is 13.1 Å². The minimum atomic E-state index is 0.165. The van der Waals surface area contributed by atoms with E-state index < -0.39 is 0 Å². The van der Waals surface area contributed by atoms with Gasteiger partial charge in [0, 0.05) is 30.3 Å². The van der Waals surface area contributed by atoms with E-state index in [9.17, 15) is 0 Å². The third kappa shape index (κ3) is 5.08. The molecule has 1 N–H and O–H groups in total. The first-order valence-corrected chi connectivity index (χ1v) is 9.05. The summed E-state index contributed by atoms with van der Waals surface area (Å²) in [6.45, 7) is 10.9. The van der Waals surface area contributed by atoms with Gasteiger partial charge in [-0.1, -0.05) is 13.0 Å². The highest BCUT2D eigenvalue weighted by atomic mass is 32.2. The van der Waals surface area contributed by atoms with Crippen LogP contribution in [-0.2, 0) is 13.1 Å². The van der Waals surface area contributed by atoms with Crippen LogP contribution in [-0.4, -0.2) is 21.6 Å². The maximum Gasteiger partial charge on any atom is 0.0480 e. The molecule has 2 rings (SSSR count). The second-order valence-corrected chi connectivity index (χ2v) is 7.95. The molecule has 2 aromatic rings. The van der Waals surface area contributed by atoms with Crippen LogP contribution in [0.1, 0.15) is 39.7 Å². The van der Waals surface area contributed by atoms with E-state index in [1.165, 1.54) is 34.4 Å². The Hall–Kier alpha value is -0.930. The summed E-state index contributed by atoms with van der Waals surface area (Å²) in [6.07, 6.45) is 3.47. The zero-order chi connectivity index (χ0) is 15.3. The Morgan fingerprint density at radius 1 is 1.19 bits per heavy atom. The summed E-state index contributed by atoms with van der Waals surface area (Å²) >= 11 is 2.03. The highest BCUT2D eigenvalue weighted by molar-refractivity contribution is 7.99. The minimum absolute atomic E-state index is 0.165. The molecule has 116 valence electrons. The number of fused-ring (bicyclic) bond motifs is 1. The van der Waals surface area contributed by atoms with Gasteiger partial charge < -0.3 is 9.88 Å². The van der Waals surface area contributed by atoms with Crippen LogP contribution < -0.4 is 5.32 Å². The number of hydrogen-bond donors (Lipinski definition) is 1. The van der Waals surface area contributed by atoms with Gasteiger partial charge in [0.25, 0.3) is 0 Å². The summed E-state index contributed by atoms with van der Waals surface area (Å²) in [5.74, 6) is 2.47. The number of nitrogens with zero attached hydrogens (tertiary/aromatic N) is 1. The number of benzene rings is 1. The van der Waals surface area contributed by atoms with Crippen molar-refractivity contribution in [1.29, 1.82) is 0 Å². The topological polar surface area (TPSA) is 17.0 Å². The fourth-order valence-corrected chi connectivity index (χ4v) is 3.02. The van der Waals surface area contributed by atoms with Gasteiger partial charge >= 0.3 is 0 Å². The monoisotopic (exact) mass is 304 g/mol. The van der Waals surface area contributed by atoms with Gasteiger partial charge in [0.1, 0.15) is 0 Å². The van der Waals surface area contributed by atoms with Gasteiger partial charge in [0.15, 0.2) is 0 Å². The van der Waals surface area contributed by atoms with Crippen molar-refractivity contribution >= 4 is 22.7 Å². The molecule has 0 spiro atoms. The number of thioether (sulfide) groups is 1. The lowest BCUT2D eigenvalue weighted by Crippen LogP contribution is -2.35. The molecular formula is C18H28N2S. The van der Waals surface area contributed by atoms with E-state index in [1.807, 2.05) is 11.8 Å². The SMILES string of the molecule is CCSCCCn1ccc2cc(CNC(C)(C)C)ccc21. The van der Waals surface area contributed by atoms with Gasteiger partial charge in [0.05, 0.1) is 0 Å². The average Bonchev–Trinajstić information content (AvgIpc) is 2.83. The molecule has 0 saturated heterocycles. The highest BCUT2D eigenvalue weighted by Gasteiger charge is 2.09. The molecule has 0 amide bonds. The molecule has 1 aromatic heterocycles. The molecule has 0 saturated carbocycles. The highest BCUT2D eigenvalue weighted by Crippen LogP contribution is 2.19. The van der Waals surface area contributed by atoms with Crippen molar-refractivity contribution in [3.8, 4) is 0 Å². The van der Waals surface area contributed by atoms with Crippen LogP contribution in [0.3, 0.4) is 0 Å². The van der Waals surface area contributed by atoms with Gasteiger partial charge in [0.2, 0.25) is 0 Å². The first-order valence-electron chi connectivity index (χ1n) is 7.90. The van der Waals surface area contributed by atoms with Crippen LogP contribution in [0.5, 0.6) is 0 Å². The van der Waals surface area contributed by atoms with Crippen LogP contribution in [0.15, 0.2) is 30.5 Å². The van der Waals surface area contributed by atoms with Crippen molar-refractivity contribution in [3.05, 3.63) is 36.0 Å². The fourth-order valence-electron chi connectivity index (χ4n) is 2.40. The van der Waals surface area contributed by atoms with E-state index in [-0.39, 0.29) is 5.54 Å². The summed E-state index contributed by atoms with van der Waals surface area (Å²) in [5.41, 5.74) is 2.88.